The van der Waals surface area contributed by atoms with Gasteiger partial charge in [-0.15, -0.1) is 0 Å². The van der Waals surface area contributed by atoms with Crippen LogP contribution in [0, 0.1) is 6.92 Å². The van der Waals surface area contributed by atoms with E-state index in [1.54, 1.807) is 36.4 Å². The first-order valence-electron chi connectivity index (χ1n) is 6.75. The van der Waals surface area contributed by atoms with E-state index in [1.807, 2.05) is 26.0 Å². The van der Waals surface area contributed by atoms with E-state index in [4.69, 9.17) is 4.84 Å². The molecule has 2 aromatic carbocycles. The summed E-state index contributed by atoms with van der Waals surface area (Å²) in [7, 11) is 0. The summed E-state index contributed by atoms with van der Waals surface area (Å²) in [6, 6.07) is 13.9. The van der Waals surface area contributed by atoms with Gasteiger partial charge < -0.3 is 9.94 Å². The minimum atomic E-state index is -0.517. The van der Waals surface area contributed by atoms with Crippen LogP contribution in [0.3, 0.4) is 0 Å². The van der Waals surface area contributed by atoms with Crippen LogP contribution in [0.4, 0.5) is 0 Å². The van der Waals surface area contributed by atoms with Crippen molar-refractivity contribution in [3.05, 3.63) is 65.2 Å². The Kier molecular flexibility index (Phi) is 4.72. The number of carbonyl (C=O) groups excluding carboxylic acids is 1. The Morgan fingerprint density at radius 3 is 2.43 bits per heavy atom. The Morgan fingerprint density at radius 2 is 1.81 bits per heavy atom. The van der Waals surface area contributed by atoms with E-state index >= 15 is 0 Å². The van der Waals surface area contributed by atoms with Crippen molar-refractivity contribution in [2.24, 2.45) is 5.16 Å². The molecule has 0 aromatic heterocycles. The number of para-hydroxylation sites is 1. The molecular formula is C17H17NO3. The van der Waals surface area contributed by atoms with E-state index in [-0.39, 0.29) is 5.75 Å². The van der Waals surface area contributed by atoms with Gasteiger partial charge in [0.25, 0.3) is 0 Å². The van der Waals surface area contributed by atoms with Gasteiger partial charge in [-0.1, -0.05) is 41.9 Å². The van der Waals surface area contributed by atoms with Crippen molar-refractivity contribution in [2.45, 2.75) is 20.3 Å². The number of phenols is 1. The van der Waals surface area contributed by atoms with Gasteiger partial charge in [0.2, 0.25) is 0 Å². The Hall–Kier alpha value is -2.62. The number of benzene rings is 2. The Balaban J connectivity index is 2.16. The van der Waals surface area contributed by atoms with Gasteiger partial charge in [0.15, 0.2) is 0 Å². The molecule has 21 heavy (non-hydrogen) atoms. The van der Waals surface area contributed by atoms with Crippen molar-refractivity contribution in [3.8, 4) is 5.75 Å². The first-order chi connectivity index (χ1) is 10.1. The molecule has 0 aliphatic rings. The number of hydrogen-bond donors (Lipinski definition) is 1. The van der Waals surface area contributed by atoms with Crippen LogP contribution in [-0.2, 0) is 4.84 Å². The van der Waals surface area contributed by atoms with Crippen molar-refractivity contribution in [2.75, 3.05) is 0 Å². The average molecular weight is 283 g/mol. The summed E-state index contributed by atoms with van der Waals surface area (Å²) < 4.78 is 0. The highest BCUT2D eigenvalue weighted by Gasteiger charge is 2.10. The van der Waals surface area contributed by atoms with Crippen LogP contribution in [0.1, 0.15) is 34.8 Å². The maximum atomic E-state index is 11.9. The van der Waals surface area contributed by atoms with Crippen molar-refractivity contribution in [1.82, 2.24) is 0 Å². The highest BCUT2D eigenvalue weighted by Crippen LogP contribution is 2.18. The highest BCUT2D eigenvalue weighted by atomic mass is 16.7. The zero-order chi connectivity index (χ0) is 15.2. The molecule has 0 radical (unpaired) electrons. The maximum Gasteiger partial charge on any atom is 0.365 e. The molecule has 2 aromatic rings. The summed E-state index contributed by atoms with van der Waals surface area (Å²) >= 11 is 0. The zero-order valence-corrected chi connectivity index (χ0v) is 12.0. The van der Waals surface area contributed by atoms with Gasteiger partial charge in [-0.05, 0) is 37.6 Å². The molecule has 0 saturated heterocycles. The molecule has 4 heteroatoms. The molecule has 0 fully saturated rings. The van der Waals surface area contributed by atoms with Gasteiger partial charge in [0, 0.05) is 5.56 Å². The third kappa shape index (κ3) is 3.69. The molecule has 0 unspecified atom stereocenters. The van der Waals surface area contributed by atoms with Gasteiger partial charge in [-0.2, -0.15) is 0 Å². The number of nitrogens with zero attached hydrogens (tertiary/aromatic N) is 1. The summed E-state index contributed by atoms with van der Waals surface area (Å²) in [5.41, 5.74) is 2.60. The molecule has 0 amide bonds. The highest BCUT2D eigenvalue weighted by molar-refractivity contribution is 6.02. The maximum absolute atomic E-state index is 11.9. The lowest BCUT2D eigenvalue weighted by molar-refractivity contribution is 0.0515. The number of hydrogen-bond acceptors (Lipinski definition) is 4. The molecule has 0 spiro atoms. The quantitative estimate of drug-likeness (QED) is 0.529. The van der Waals surface area contributed by atoms with E-state index in [9.17, 15) is 9.90 Å². The molecule has 108 valence electrons. The summed E-state index contributed by atoms with van der Waals surface area (Å²) in [4.78, 5) is 16.9. The number of aryl methyl sites for hydroxylation is 1. The normalized spacial score (nSPS) is 11.2. The third-order valence-corrected chi connectivity index (χ3v) is 3.08. The van der Waals surface area contributed by atoms with Crippen LogP contribution in [0.2, 0.25) is 0 Å². The van der Waals surface area contributed by atoms with Crippen LogP contribution in [0.5, 0.6) is 5.75 Å². The van der Waals surface area contributed by atoms with Gasteiger partial charge in [0.1, 0.15) is 5.75 Å². The number of aromatic hydroxyl groups is 1. The molecule has 0 aliphatic carbocycles. The fraction of sp³-hybridized carbons (Fsp3) is 0.176. The Labute approximate surface area is 123 Å². The average Bonchev–Trinajstić information content (AvgIpc) is 2.50. The van der Waals surface area contributed by atoms with Crippen LogP contribution in [-0.4, -0.2) is 16.8 Å². The van der Waals surface area contributed by atoms with Gasteiger partial charge in [0.05, 0.1) is 11.3 Å². The van der Waals surface area contributed by atoms with Crippen molar-refractivity contribution < 1.29 is 14.7 Å². The SMILES string of the molecule is CCC(=NOC(=O)c1ccc(C)cc1)c1ccccc1O. The monoisotopic (exact) mass is 283 g/mol. The van der Waals surface area contributed by atoms with Gasteiger partial charge in [-0.3, -0.25) is 0 Å². The number of carbonyl (C=O) groups is 1. The lowest BCUT2D eigenvalue weighted by atomic mass is 10.1. The first kappa shape index (κ1) is 14.8. The number of phenolic OH excluding ortho intramolecular Hbond substituents is 1. The molecule has 0 saturated carbocycles. The summed E-state index contributed by atoms with van der Waals surface area (Å²) in [6.07, 6.45) is 0.540. The fourth-order valence-electron chi connectivity index (χ4n) is 1.86. The summed E-state index contributed by atoms with van der Waals surface area (Å²) in [5.74, 6) is -0.402. The minimum Gasteiger partial charge on any atom is -0.507 e. The van der Waals surface area contributed by atoms with Crippen LogP contribution in [0.15, 0.2) is 53.7 Å². The molecule has 0 atom stereocenters. The molecule has 2 rings (SSSR count). The molecule has 4 nitrogen and oxygen atoms in total. The first-order valence-corrected chi connectivity index (χ1v) is 6.75. The standard InChI is InChI=1S/C17H17NO3/c1-3-15(14-6-4-5-7-16(14)19)18-21-17(20)13-10-8-12(2)9-11-13/h4-11,19H,3H2,1-2H3. The van der Waals surface area contributed by atoms with E-state index in [0.29, 0.717) is 23.3 Å². The van der Waals surface area contributed by atoms with E-state index < -0.39 is 5.97 Å². The Bertz CT molecular complexity index is 660. The second-order valence-electron chi connectivity index (χ2n) is 4.65. The number of oxime groups is 1. The number of rotatable bonds is 4. The van der Waals surface area contributed by atoms with Gasteiger partial charge in [-0.25, -0.2) is 4.79 Å². The zero-order valence-electron chi connectivity index (χ0n) is 12.0. The smallest absolute Gasteiger partial charge is 0.365 e. The van der Waals surface area contributed by atoms with E-state index in [2.05, 4.69) is 5.16 Å². The molecular weight excluding hydrogens is 266 g/mol. The van der Waals surface area contributed by atoms with Crippen LogP contribution < -0.4 is 0 Å². The Morgan fingerprint density at radius 1 is 1.14 bits per heavy atom. The molecule has 1 N–H and O–H groups in total. The summed E-state index contributed by atoms with van der Waals surface area (Å²) in [5, 5.41) is 13.7. The second kappa shape index (κ2) is 6.70. The van der Waals surface area contributed by atoms with Gasteiger partial charge >= 0.3 is 5.97 Å². The lowest BCUT2D eigenvalue weighted by Gasteiger charge is -2.06. The van der Waals surface area contributed by atoms with E-state index in [0.717, 1.165) is 5.56 Å². The van der Waals surface area contributed by atoms with Crippen molar-refractivity contribution in [1.29, 1.82) is 0 Å². The third-order valence-electron chi connectivity index (χ3n) is 3.08. The summed E-state index contributed by atoms with van der Waals surface area (Å²) in [6.45, 7) is 3.83. The molecule has 0 aliphatic heterocycles. The predicted octanol–water partition coefficient (Wildman–Crippen LogP) is 3.67. The molecule has 0 bridgehead atoms. The lowest BCUT2D eigenvalue weighted by Crippen LogP contribution is -2.06. The van der Waals surface area contributed by atoms with Crippen LogP contribution >= 0.6 is 0 Å². The predicted molar refractivity (Wildman–Crippen MR) is 81.5 cm³/mol. The van der Waals surface area contributed by atoms with Crippen molar-refractivity contribution in [3.63, 3.8) is 0 Å². The second-order valence-corrected chi connectivity index (χ2v) is 4.65. The minimum absolute atomic E-state index is 0.115. The van der Waals surface area contributed by atoms with Crippen LogP contribution in [0.25, 0.3) is 0 Å². The fourth-order valence-corrected chi connectivity index (χ4v) is 1.86. The topological polar surface area (TPSA) is 58.9 Å². The molecule has 0 heterocycles. The largest absolute Gasteiger partial charge is 0.507 e. The van der Waals surface area contributed by atoms with E-state index in [1.165, 1.54) is 0 Å². The van der Waals surface area contributed by atoms with Crippen molar-refractivity contribution >= 4 is 11.7 Å².